The number of Topliss-reactive ketones (excluding diaryl/α,β-unsaturated/α-hetero) is 6. The van der Waals surface area contributed by atoms with Crippen LogP contribution < -0.4 is 26.6 Å². The zero-order valence-corrected chi connectivity index (χ0v) is 62.9. The van der Waals surface area contributed by atoms with Gasteiger partial charge in [0.2, 0.25) is 17.7 Å². The molecule has 0 aromatic heterocycles. The third-order valence-corrected chi connectivity index (χ3v) is 13.7. The lowest BCUT2D eigenvalue weighted by molar-refractivity contribution is -0.124. The summed E-state index contributed by atoms with van der Waals surface area (Å²) in [6.07, 6.45) is 15.8. The largest absolute Gasteiger partial charge is 0.379 e. The summed E-state index contributed by atoms with van der Waals surface area (Å²) >= 11 is 0. The van der Waals surface area contributed by atoms with Crippen LogP contribution in [-0.4, -0.2) is 124 Å². The van der Waals surface area contributed by atoms with E-state index in [1.807, 2.05) is 55.4 Å². The molecule has 0 bridgehead atoms. The molecule has 16 nitrogen and oxygen atoms in total. The van der Waals surface area contributed by atoms with Gasteiger partial charge in [-0.3, -0.25) is 43.2 Å². The van der Waals surface area contributed by atoms with Crippen LogP contribution in [0.25, 0.3) is 0 Å². The van der Waals surface area contributed by atoms with E-state index < -0.39 is 0 Å². The van der Waals surface area contributed by atoms with Crippen molar-refractivity contribution in [3.63, 3.8) is 0 Å². The molecule has 0 rings (SSSR count). The van der Waals surface area contributed by atoms with Crippen molar-refractivity contribution in [3.8, 4) is 0 Å². The van der Waals surface area contributed by atoms with E-state index in [2.05, 4.69) is 137 Å². The topological polar surface area (TPSA) is 232 Å². The predicted molar refractivity (Wildman–Crippen MR) is 378 cm³/mol. The Hall–Kier alpha value is -3.73. The van der Waals surface area contributed by atoms with Gasteiger partial charge in [-0.25, -0.2) is 0 Å². The molecule has 16 heteroatoms. The van der Waals surface area contributed by atoms with Gasteiger partial charge in [0, 0.05) is 120 Å². The van der Waals surface area contributed by atoms with Crippen LogP contribution in [0.3, 0.4) is 0 Å². The first-order valence-corrected chi connectivity index (χ1v) is 35.4. The van der Waals surface area contributed by atoms with Crippen LogP contribution in [0.2, 0.25) is 0 Å². The zero-order chi connectivity index (χ0) is 70.6. The van der Waals surface area contributed by atoms with E-state index >= 15 is 0 Å². The van der Waals surface area contributed by atoms with Gasteiger partial charge in [-0.15, -0.1) is 0 Å². The first-order chi connectivity index (χ1) is 41.9. The van der Waals surface area contributed by atoms with E-state index in [0.717, 1.165) is 83.7 Å². The summed E-state index contributed by atoms with van der Waals surface area (Å²) in [6.45, 7) is 54.7. The minimum Gasteiger partial charge on any atom is -0.379 e. The lowest BCUT2D eigenvalue weighted by atomic mass is 10.00. The summed E-state index contributed by atoms with van der Waals surface area (Å²) in [5, 5.41) is 14.6. The third-order valence-electron chi connectivity index (χ3n) is 13.7. The van der Waals surface area contributed by atoms with Gasteiger partial charge in [0.05, 0.1) is 32.9 Å². The third kappa shape index (κ3) is 90.7. The zero-order valence-electron chi connectivity index (χ0n) is 62.9. The van der Waals surface area contributed by atoms with Crippen molar-refractivity contribution in [1.29, 1.82) is 0 Å². The van der Waals surface area contributed by atoms with Gasteiger partial charge in [0.15, 0.2) is 0 Å². The summed E-state index contributed by atoms with van der Waals surface area (Å²) in [5.41, 5.74) is 0. The lowest BCUT2D eigenvalue weighted by Crippen LogP contribution is -2.37. The van der Waals surface area contributed by atoms with Crippen LogP contribution >= 0.6 is 0 Å². The highest BCUT2D eigenvalue weighted by molar-refractivity contribution is 5.83. The number of hydrogen-bond acceptors (Lipinski definition) is 13. The van der Waals surface area contributed by atoms with Crippen LogP contribution in [0, 0.1) is 59.2 Å². The number of rotatable bonds is 48. The SMILES string of the molecule is CC(C)CCC(=O)C(C)C.CC(C)CCC(=O)CCCC(=O)CCC(C)C.CC(C)CCC(=O)NCCC(=O)C(C)C.CC(C)CCCC(=O)CNC(C)C.CC(C)CCOCCOCCNC(=O)CCC(C)C.CC(C)NCC(=O)NCCCC(=O)C(C)C. The Kier molecular flexibility index (Phi) is 72.2. The van der Waals surface area contributed by atoms with Crippen LogP contribution in [0.5, 0.6) is 0 Å². The molecule has 0 spiro atoms. The van der Waals surface area contributed by atoms with E-state index in [1.165, 1.54) is 0 Å². The number of hydrogen-bond donors (Lipinski definition) is 5. The Morgan fingerprint density at radius 2 is 0.611 bits per heavy atom. The summed E-state index contributed by atoms with van der Waals surface area (Å²) in [7, 11) is 0. The van der Waals surface area contributed by atoms with E-state index in [-0.39, 0.29) is 47.0 Å². The van der Waals surface area contributed by atoms with Gasteiger partial charge >= 0.3 is 0 Å². The minimum atomic E-state index is -0.00861. The fourth-order valence-corrected chi connectivity index (χ4v) is 7.14. The first kappa shape index (κ1) is 97.4. The quantitative estimate of drug-likeness (QED) is 0.0357. The predicted octanol–water partition coefficient (Wildman–Crippen LogP) is 15.1. The lowest BCUT2D eigenvalue weighted by Gasteiger charge is -2.09. The van der Waals surface area contributed by atoms with Crippen molar-refractivity contribution < 1.29 is 52.6 Å². The molecule has 5 N–H and O–H groups in total. The Labute approximate surface area is 554 Å². The molecule has 0 aliphatic heterocycles. The van der Waals surface area contributed by atoms with Gasteiger partial charge in [0.25, 0.3) is 0 Å². The van der Waals surface area contributed by atoms with Crippen molar-refractivity contribution >= 4 is 52.4 Å². The fourth-order valence-electron chi connectivity index (χ4n) is 7.14. The van der Waals surface area contributed by atoms with Gasteiger partial charge in [-0.2, -0.15) is 0 Å². The summed E-state index contributed by atoms with van der Waals surface area (Å²) < 4.78 is 10.8. The molecule has 0 heterocycles. The normalized spacial score (nSPS) is 11.1. The molecule has 0 unspecified atom stereocenters. The van der Waals surface area contributed by atoms with Crippen LogP contribution in [0.1, 0.15) is 295 Å². The standard InChI is InChI=1S/C15H31NO3.C15H28O2.C12H24N2O2.C12H23NO2.C11H23NO.C9H18O/c1-13(2)5-6-15(17)16-8-10-19-12-11-18-9-7-14(3)4;1-12(2)8-10-14(16)6-5-7-15(17)11-9-13(3)4;1-9(2)11(15)6-5-7-13-12(16)8-14-10(3)4;1-9(2)5-6-12(15)13-8-7-11(14)10(3)4;1-9(2)6-5-7-11(13)8-12-10(3)4;1-7(2)5-6-9(10)8(3)4/h13-14H,5-12H2,1-4H3,(H,16,17);12-13H,5-11H2,1-4H3;9-10,14H,5-8H2,1-4H3,(H,13,16);9-10H,5-8H2,1-4H3,(H,13,15);9-10,12H,5-8H2,1-4H3;7-8H,5-6H2,1-4H3. The number of ketones is 6. The van der Waals surface area contributed by atoms with E-state index in [1.54, 1.807) is 0 Å². The Morgan fingerprint density at radius 3 is 1.02 bits per heavy atom. The van der Waals surface area contributed by atoms with Gasteiger partial charge in [-0.1, -0.05) is 173 Å². The molecule has 3 amide bonds. The average molecular weight is 1280 g/mol. The molecule has 0 radical (unpaired) electrons. The maximum atomic E-state index is 11.5. The Morgan fingerprint density at radius 1 is 0.267 bits per heavy atom. The minimum absolute atomic E-state index is 0.00861. The van der Waals surface area contributed by atoms with Crippen LogP contribution in [-0.2, 0) is 52.6 Å². The number of ether oxygens (including phenoxy) is 2. The second-order valence-corrected chi connectivity index (χ2v) is 28.7. The van der Waals surface area contributed by atoms with Crippen molar-refractivity contribution in [2.75, 3.05) is 59.2 Å². The van der Waals surface area contributed by atoms with Crippen molar-refractivity contribution in [3.05, 3.63) is 0 Å². The highest BCUT2D eigenvalue weighted by Gasteiger charge is 2.12. The maximum absolute atomic E-state index is 11.5. The van der Waals surface area contributed by atoms with E-state index in [0.29, 0.717) is 181 Å². The highest BCUT2D eigenvalue weighted by Crippen LogP contribution is 2.12. The van der Waals surface area contributed by atoms with Gasteiger partial charge < -0.3 is 36.1 Å². The summed E-state index contributed by atoms with van der Waals surface area (Å²) in [6, 6.07) is 0.724. The number of carbonyl (C=O) groups is 9. The molecular formula is C74H147N5O11. The molecule has 0 saturated carbocycles. The number of amides is 3. The van der Waals surface area contributed by atoms with Crippen LogP contribution in [0.4, 0.5) is 0 Å². The van der Waals surface area contributed by atoms with Crippen molar-refractivity contribution in [2.24, 2.45) is 59.2 Å². The molecule has 90 heavy (non-hydrogen) atoms. The Bertz CT molecular complexity index is 1750. The molecule has 0 fully saturated rings. The number of nitrogens with one attached hydrogen (secondary N) is 5. The average Bonchev–Trinajstić information content (AvgIpc) is 3.49. The van der Waals surface area contributed by atoms with E-state index in [9.17, 15) is 43.2 Å². The molecule has 0 atom stereocenters. The fraction of sp³-hybridized carbons (Fsp3) is 0.878. The summed E-state index contributed by atoms with van der Waals surface area (Å²) in [5.74, 6) is 6.74. The summed E-state index contributed by atoms with van der Waals surface area (Å²) in [4.78, 5) is 102. The molecule has 0 aliphatic carbocycles. The van der Waals surface area contributed by atoms with Gasteiger partial charge in [-0.05, 0) is 99.2 Å². The smallest absolute Gasteiger partial charge is 0.233 e. The second-order valence-electron chi connectivity index (χ2n) is 28.7. The monoisotopic (exact) mass is 1280 g/mol. The molecule has 0 aromatic rings. The van der Waals surface area contributed by atoms with E-state index in [4.69, 9.17) is 9.47 Å². The maximum Gasteiger partial charge on any atom is 0.233 e. The highest BCUT2D eigenvalue weighted by atomic mass is 16.5. The molecule has 0 saturated heterocycles. The molecule has 0 aliphatic rings. The first-order valence-electron chi connectivity index (χ1n) is 35.4. The van der Waals surface area contributed by atoms with Crippen molar-refractivity contribution in [2.45, 2.75) is 307 Å². The van der Waals surface area contributed by atoms with Gasteiger partial charge in [0.1, 0.15) is 34.7 Å². The molecule has 0 aromatic carbocycles. The molecular weight excluding hydrogens is 1130 g/mol. The Balaban J connectivity index is -0.000000237. The van der Waals surface area contributed by atoms with Crippen molar-refractivity contribution in [1.82, 2.24) is 26.6 Å². The molecule has 534 valence electrons. The second kappa shape index (κ2) is 66.7. The van der Waals surface area contributed by atoms with Crippen LogP contribution in [0.15, 0.2) is 0 Å². The number of carbonyl (C=O) groups excluding carboxylic acids is 9.